The molecule has 0 radical (unpaired) electrons. The third-order valence-corrected chi connectivity index (χ3v) is 5.40. The molecule has 0 saturated heterocycles. The van der Waals surface area contributed by atoms with Crippen molar-refractivity contribution < 1.29 is 22.7 Å². The maximum Gasteiger partial charge on any atom is 0.274 e. The Bertz CT molecular complexity index is 1010. The predicted molar refractivity (Wildman–Crippen MR) is 94.3 cm³/mol. The quantitative estimate of drug-likeness (QED) is 0.823. The molecule has 26 heavy (non-hydrogen) atoms. The van der Waals surface area contributed by atoms with E-state index in [1.165, 1.54) is 11.3 Å². The van der Waals surface area contributed by atoms with Crippen LogP contribution in [0.15, 0.2) is 52.5 Å². The minimum absolute atomic E-state index is 0.155. The number of amides is 1. The number of fused-ring (bicyclic) bond motifs is 1. The topological polar surface area (TPSA) is 85.3 Å². The zero-order chi connectivity index (χ0) is 18.3. The Hall–Kier alpha value is -2.87. The number of ether oxygens (including phenoxy) is 2. The standard InChI is InChI=1S/C18H16N2O5S/c1-26(22,23)14-5-2-12(3-6-14)15-8-9-20(19-15)18(21)13-4-7-16-17(10-13)25-11-24-16/h2-7,10H,8-9,11H2,1H3. The predicted octanol–water partition coefficient (Wildman–Crippen LogP) is 2.07. The third-order valence-electron chi connectivity index (χ3n) is 4.27. The van der Waals surface area contributed by atoms with E-state index in [0.717, 1.165) is 11.3 Å². The first-order chi connectivity index (χ1) is 12.4. The highest BCUT2D eigenvalue weighted by Gasteiger charge is 2.25. The van der Waals surface area contributed by atoms with Gasteiger partial charge >= 0.3 is 0 Å². The van der Waals surface area contributed by atoms with Gasteiger partial charge in [-0.3, -0.25) is 4.79 Å². The lowest BCUT2D eigenvalue weighted by molar-refractivity contribution is 0.0778. The van der Waals surface area contributed by atoms with Crippen molar-refractivity contribution in [1.29, 1.82) is 0 Å². The lowest BCUT2D eigenvalue weighted by atomic mass is 10.1. The van der Waals surface area contributed by atoms with Crippen molar-refractivity contribution >= 4 is 21.5 Å². The molecule has 134 valence electrons. The van der Waals surface area contributed by atoms with Crippen LogP contribution in [-0.4, -0.2) is 44.6 Å². The molecule has 7 nitrogen and oxygen atoms in total. The molecular weight excluding hydrogens is 356 g/mol. The maximum absolute atomic E-state index is 12.7. The molecule has 0 aromatic heterocycles. The number of hydrogen-bond donors (Lipinski definition) is 0. The lowest BCUT2D eigenvalue weighted by Gasteiger charge is -2.11. The van der Waals surface area contributed by atoms with Crippen LogP contribution in [0.2, 0.25) is 0 Å². The van der Waals surface area contributed by atoms with E-state index in [0.29, 0.717) is 30.0 Å². The number of nitrogens with zero attached hydrogens (tertiary/aromatic N) is 2. The van der Waals surface area contributed by atoms with Gasteiger partial charge in [-0.25, -0.2) is 13.4 Å². The average molecular weight is 372 g/mol. The van der Waals surface area contributed by atoms with Gasteiger partial charge in [0.15, 0.2) is 21.3 Å². The monoisotopic (exact) mass is 372 g/mol. The fourth-order valence-corrected chi connectivity index (χ4v) is 3.51. The third kappa shape index (κ3) is 3.03. The summed E-state index contributed by atoms with van der Waals surface area (Å²) in [6, 6.07) is 11.6. The Morgan fingerprint density at radius 3 is 2.54 bits per heavy atom. The molecule has 2 heterocycles. The Morgan fingerprint density at radius 1 is 1.08 bits per heavy atom. The lowest BCUT2D eigenvalue weighted by Crippen LogP contribution is -2.23. The van der Waals surface area contributed by atoms with E-state index < -0.39 is 9.84 Å². The van der Waals surface area contributed by atoms with Gasteiger partial charge in [0.1, 0.15) is 0 Å². The first-order valence-electron chi connectivity index (χ1n) is 8.01. The summed E-state index contributed by atoms with van der Waals surface area (Å²) in [6.07, 6.45) is 1.77. The number of carbonyl (C=O) groups excluding carboxylic acids is 1. The normalized spacial score (nSPS) is 15.9. The molecule has 0 fully saturated rings. The molecule has 0 N–H and O–H groups in total. The van der Waals surface area contributed by atoms with Crippen LogP contribution in [-0.2, 0) is 9.84 Å². The summed E-state index contributed by atoms with van der Waals surface area (Å²) in [5.41, 5.74) is 2.03. The highest BCUT2D eigenvalue weighted by molar-refractivity contribution is 7.90. The number of rotatable bonds is 3. The van der Waals surface area contributed by atoms with E-state index in [1.807, 2.05) is 0 Å². The largest absolute Gasteiger partial charge is 0.454 e. The number of carbonyl (C=O) groups is 1. The van der Waals surface area contributed by atoms with Crippen molar-refractivity contribution in [3.63, 3.8) is 0 Å². The molecule has 2 aliphatic rings. The number of benzene rings is 2. The van der Waals surface area contributed by atoms with E-state index in [9.17, 15) is 13.2 Å². The van der Waals surface area contributed by atoms with Crippen LogP contribution in [0, 0.1) is 0 Å². The van der Waals surface area contributed by atoms with Gasteiger partial charge in [0, 0.05) is 18.2 Å². The van der Waals surface area contributed by atoms with E-state index in [1.54, 1.807) is 42.5 Å². The summed E-state index contributed by atoms with van der Waals surface area (Å²) in [6.45, 7) is 0.624. The summed E-state index contributed by atoms with van der Waals surface area (Å²) in [5.74, 6) is 0.958. The molecule has 1 amide bonds. The molecule has 2 aliphatic heterocycles. The Kier molecular flexibility index (Phi) is 3.91. The van der Waals surface area contributed by atoms with Crippen molar-refractivity contribution in [2.24, 2.45) is 5.10 Å². The van der Waals surface area contributed by atoms with E-state index in [-0.39, 0.29) is 17.6 Å². The zero-order valence-electron chi connectivity index (χ0n) is 14.0. The molecular formula is C18H16N2O5S. The number of hydrazone groups is 1. The van der Waals surface area contributed by atoms with Crippen molar-refractivity contribution in [3.05, 3.63) is 53.6 Å². The molecule has 0 unspecified atom stereocenters. The summed E-state index contributed by atoms with van der Waals surface area (Å²) in [4.78, 5) is 12.9. The second-order valence-electron chi connectivity index (χ2n) is 6.09. The van der Waals surface area contributed by atoms with Gasteiger partial charge in [-0.05, 0) is 35.9 Å². The molecule has 8 heteroatoms. The van der Waals surface area contributed by atoms with E-state index >= 15 is 0 Å². The van der Waals surface area contributed by atoms with Crippen LogP contribution in [0.5, 0.6) is 11.5 Å². The highest BCUT2D eigenvalue weighted by atomic mass is 32.2. The van der Waals surface area contributed by atoms with E-state index in [4.69, 9.17) is 9.47 Å². The Morgan fingerprint density at radius 2 is 1.81 bits per heavy atom. The van der Waals surface area contributed by atoms with Crippen molar-refractivity contribution in [2.45, 2.75) is 11.3 Å². The molecule has 0 bridgehead atoms. The van der Waals surface area contributed by atoms with Crippen LogP contribution in [0.3, 0.4) is 0 Å². The van der Waals surface area contributed by atoms with Gasteiger partial charge in [0.25, 0.3) is 5.91 Å². The summed E-state index contributed by atoms with van der Waals surface area (Å²) >= 11 is 0. The summed E-state index contributed by atoms with van der Waals surface area (Å²) in [5, 5.41) is 5.81. The van der Waals surface area contributed by atoms with Gasteiger partial charge in [0.2, 0.25) is 6.79 Å². The molecule has 0 atom stereocenters. The molecule has 0 aliphatic carbocycles. The second kappa shape index (κ2) is 6.14. The van der Waals surface area contributed by atoms with Crippen LogP contribution in [0.25, 0.3) is 0 Å². The second-order valence-corrected chi connectivity index (χ2v) is 8.11. The minimum Gasteiger partial charge on any atom is -0.454 e. The SMILES string of the molecule is CS(=O)(=O)c1ccc(C2=NN(C(=O)c3ccc4c(c3)OCO4)CC2)cc1. The minimum atomic E-state index is -3.23. The van der Waals surface area contributed by atoms with Crippen molar-refractivity contribution in [3.8, 4) is 11.5 Å². The van der Waals surface area contributed by atoms with Crippen LogP contribution >= 0.6 is 0 Å². The van der Waals surface area contributed by atoms with Gasteiger partial charge < -0.3 is 9.47 Å². The van der Waals surface area contributed by atoms with Crippen LogP contribution < -0.4 is 9.47 Å². The van der Waals surface area contributed by atoms with E-state index in [2.05, 4.69) is 5.10 Å². The van der Waals surface area contributed by atoms with Gasteiger partial charge in [-0.2, -0.15) is 5.10 Å². The number of sulfone groups is 1. The Balaban J connectivity index is 1.55. The Labute approximate surface area is 150 Å². The van der Waals surface area contributed by atoms with Gasteiger partial charge in [0.05, 0.1) is 17.2 Å². The molecule has 4 rings (SSSR count). The molecule has 0 spiro atoms. The fraction of sp³-hybridized carbons (Fsp3) is 0.222. The van der Waals surface area contributed by atoms with Crippen LogP contribution in [0.1, 0.15) is 22.3 Å². The number of hydrogen-bond acceptors (Lipinski definition) is 6. The molecule has 2 aromatic rings. The van der Waals surface area contributed by atoms with Crippen molar-refractivity contribution in [1.82, 2.24) is 5.01 Å². The van der Waals surface area contributed by atoms with Gasteiger partial charge in [-0.15, -0.1) is 0 Å². The summed E-state index contributed by atoms with van der Waals surface area (Å²) < 4.78 is 33.6. The molecule has 2 aromatic carbocycles. The first-order valence-corrected chi connectivity index (χ1v) is 9.90. The maximum atomic E-state index is 12.7. The van der Waals surface area contributed by atoms with Gasteiger partial charge in [-0.1, -0.05) is 12.1 Å². The highest BCUT2D eigenvalue weighted by Crippen LogP contribution is 2.33. The fourth-order valence-electron chi connectivity index (χ4n) is 2.88. The summed E-state index contributed by atoms with van der Waals surface area (Å²) in [7, 11) is -3.23. The van der Waals surface area contributed by atoms with Crippen LogP contribution in [0.4, 0.5) is 0 Å². The average Bonchev–Trinajstić information content (AvgIpc) is 3.29. The molecule has 0 saturated carbocycles. The smallest absolute Gasteiger partial charge is 0.274 e. The van der Waals surface area contributed by atoms with Crippen molar-refractivity contribution in [2.75, 3.05) is 19.6 Å². The zero-order valence-corrected chi connectivity index (χ0v) is 14.8. The first kappa shape index (κ1) is 16.6.